The van der Waals surface area contributed by atoms with Gasteiger partial charge in [0, 0.05) is 10.8 Å². The quantitative estimate of drug-likeness (QED) is 0.0195. The molecule has 6 heterocycles. The van der Waals surface area contributed by atoms with Crippen LogP contribution in [0.3, 0.4) is 0 Å². The van der Waals surface area contributed by atoms with Gasteiger partial charge in [0.2, 0.25) is 23.7 Å². The summed E-state index contributed by atoms with van der Waals surface area (Å²) in [7, 11) is -7.11. The second-order valence-corrected chi connectivity index (χ2v) is 30.5. The van der Waals surface area contributed by atoms with Gasteiger partial charge in [-0.1, -0.05) is 142 Å². The first-order valence-corrected chi connectivity index (χ1v) is 36.5. The number of anilines is 2. The Morgan fingerprint density at radius 2 is 1.11 bits per heavy atom. The first-order chi connectivity index (χ1) is 49.2. The average Bonchev–Trinajstić information content (AvgIpc) is 1.63. The number of hydrogen-bond acceptors (Lipinski definition) is 26. The molecule has 4 aromatic heterocycles. The summed E-state index contributed by atoms with van der Waals surface area (Å²) < 4.78 is 96.2. The molecule has 32 heteroatoms. The van der Waals surface area contributed by atoms with Crippen LogP contribution in [-0.4, -0.2) is 147 Å². The maximum atomic E-state index is 16.1. The molecule has 12 atom stereocenters. The molecule has 10 aromatic rings. The Labute approximate surface area is 591 Å². The first kappa shape index (κ1) is 72.1. The number of hydrogen-bond donors (Lipinski definition) is 8. The van der Waals surface area contributed by atoms with Gasteiger partial charge >= 0.3 is 27.4 Å². The number of imidazole rings is 2. The number of aliphatic hydroxyl groups is 4. The van der Waals surface area contributed by atoms with Crippen LogP contribution in [0.15, 0.2) is 146 Å². The molecule has 0 radical (unpaired) electrons. The summed E-state index contributed by atoms with van der Waals surface area (Å²) in [5.74, 6) is -1.74. The van der Waals surface area contributed by atoms with Crippen LogP contribution in [0.5, 0.6) is 23.3 Å². The lowest BCUT2D eigenvalue weighted by molar-refractivity contribution is -0.153. The van der Waals surface area contributed by atoms with E-state index < -0.39 is 112 Å². The Hall–Kier alpha value is -9.26. The van der Waals surface area contributed by atoms with E-state index in [-0.39, 0.29) is 69.7 Å². The monoisotopic (exact) mass is 1450 g/mol. The lowest BCUT2D eigenvalue weighted by atomic mass is 9.95. The first-order valence-electron chi connectivity index (χ1n) is 33.4. The van der Waals surface area contributed by atoms with Crippen LogP contribution in [0, 0.1) is 5.41 Å². The fraction of sp³-hybridized carbons (Fsp3) is 0.380. The van der Waals surface area contributed by atoms with E-state index in [1.54, 1.807) is 109 Å². The minimum absolute atomic E-state index is 0.00287. The van der Waals surface area contributed by atoms with E-state index in [0.29, 0.717) is 45.7 Å². The van der Waals surface area contributed by atoms with Gasteiger partial charge in [0.15, 0.2) is 34.8 Å². The van der Waals surface area contributed by atoms with E-state index in [0.717, 1.165) is 24.6 Å². The van der Waals surface area contributed by atoms with Crippen LogP contribution in [-0.2, 0) is 46.7 Å². The number of nitrogen functional groups attached to an aromatic ring is 2. The van der Waals surface area contributed by atoms with Crippen molar-refractivity contribution in [1.82, 2.24) is 49.2 Å². The van der Waals surface area contributed by atoms with Crippen LogP contribution in [0.4, 0.5) is 11.9 Å². The molecule has 1 aliphatic carbocycles. The van der Waals surface area contributed by atoms with Crippen molar-refractivity contribution in [2.75, 3.05) is 45.5 Å². The van der Waals surface area contributed by atoms with Crippen LogP contribution < -0.4 is 40.2 Å². The van der Waals surface area contributed by atoms with Gasteiger partial charge in [-0.05, 0) is 96.2 Å². The van der Waals surface area contributed by atoms with E-state index >= 15 is 9.13 Å². The lowest BCUT2D eigenvalue weighted by Gasteiger charge is -2.29. The third-order valence-corrected chi connectivity index (χ3v) is 21.3. The number of nitrogens with two attached hydrogens (primary N) is 2. The van der Waals surface area contributed by atoms with Crippen molar-refractivity contribution in [2.45, 2.75) is 133 Å². The summed E-state index contributed by atoms with van der Waals surface area (Å²) in [6, 6.07) is 34.8. The number of benzene rings is 6. The van der Waals surface area contributed by atoms with Gasteiger partial charge < -0.3 is 69.4 Å². The van der Waals surface area contributed by atoms with Crippen LogP contribution >= 0.6 is 15.5 Å². The summed E-state index contributed by atoms with van der Waals surface area (Å²) in [5.41, 5.74) is 9.65. The van der Waals surface area contributed by atoms with Crippen LogP contribution in [0.2, 0.25) is 0 Å². The van der Waals surface area contributed by atoms with Crippen LogP contribution in [0.25, 0.3) is 55.0 Å². The van der Waals surface area contributed by atoms with Crippen molar-refractivity contribution in [3.05, 3.63) is 157 Å². The molecule has 6 aromatic carbocycles. The highest BCUT2D eigenvalue weighted by molar-refractivity contribution is 7.52. The minimum atomic E-state index is -4.94. The summed E-state index contributed by atoms with van der Waals surface area (Å²) in [6.45, 7) is 6.83. The van der Waals surface area contributed by atoms with Gasteiger partial charge in [0.05, 0.1) is 46.7 Å². The Bertz CT molecular complexity index is 4870. The van der Waals surface area contributed by atoms with Gasteiger partial charge in [-0.2, -0.15) is 30.1 Å². The fourth-order valence-corrected chi connectivity index (χ4v) is 16.1. The van der Waals surface area contributed by atoms with Crippen molar-refractivity contribution in [3.8, 4) is 34.4 Å². The van der Waals surface area contributed by atoms with Crippen molar-refractivity contribution in [3.63, 3.8) is 0 Å². The number of aromatic nitrogens is 8. The number of carbonyl (C=O) groups excluding carboxylic acids is 2. The van der Waals surface area contributed by atoms with Crippen molar-refractivity contribution in [1.29, 1.82) is 0 Å². The summed E-state index contributed by atoms with van der Waals surface area (Å²) in [4.78, 5) is 55.1. The van der Waals surface area contributed by atoms with E-state index in [4.69, 9.17) is 58.0 Å². The standard InChI is InChI=1S/C71H80N12O18P2/c1-69(2,3)37-94-63(86)54(81-103(91,100-49-32-17-23-40-20-14-15-28-46(40)49)96-36-52-58(85)71(5,89)66(99-52)83-39-75-56-60(83)77-68(73)79-62(56)93-7)43-25-16-24-42(34-43)45-29-18-31-48-47(45)30-19-33-50(48)101-102(90,80-53(41-21-10-8-11-22-41)64(87)97-44-26-12-9-13-27-44)95-35-51-57(84)70(4,88)65(98-51)82-38-74-55-59(82)76-67(72)78-61(55)92-6/h8,10-11,14-25,28-34,38-39,44,51-54,57-58,65-66,84-85,88-89H,9,12-13,26-27,35-37H2,1-7H3,(H,80,90)(H,81,91)(H2,72,76,78)(H2,73,77,79). The predicted molar refractivity (Wildman–Crippen MR) is 377 cm³/mol. The third kappa shape index (κ3) is 15.0. The average molecular weight is 1450 g/mol. The predicted octanol–water partition coefficient (Wildman–Crippen LogP) is 9.67. The van der Waals surface area contributed by atoms with E-state index in [9.17, 15) is 30.0 Å². The van der Waals surface area contributed by atoms with Crippen molar-refractivity contribution < 1.29 is 85.7 Å². The SMILES string of the molecule is COc1nc(N)nc2c1ncn2C1OC(COP(=O)(NC(C(=O)OCC(C)(C)C)c2cccc(-c3cccc4c(OP(=O)(NC(C(=O)OC5CCCCC5)c5ccccc5)OCC5OC(n6cnc7c(OC)nc(N)nc76)C(C)(O)C5O)cccc34)c2)Oc2cccc3ccccc23)C(O)C1(C)O. The molecular formula is C71H80N12O18P2. The number of fused-ring (bicyclic) bond motifs is 4. The maximum Gasteiger partial charge on any atom is 0.459 e. The normalized spacial score (nSPS) is 23.4. The zero-order valence-electron chi connectivity index (χ0n) is 57.3. The summed E-state index contributed by atoms with van der Waals surface area (Å²) in [6.07, 6.45) is -2.82. The molecule has 13 rings (SSSR count). The molecule has 0 bridgehead atoms. The number of rotatable bonds is 25. The van der Waals surface area contributed by atoms with Gasteiger partial charge in [-0.25, -0.2) is 28.7 Å². The molecule has 0 spiro atoms. The summed E-state index contributed by atoms with van der Waals surface area (Å²) in [5, 5.41) is 55.8. The van der Waals surface area contributed by atoms with Gasteiger partial charge in [0.25, 0.3) is 0 Å². The zero-order chi connectivity index (χ0) is 72.8. The smallest absolute Gasteiger partial charge is 0.459 e. The molecule has 2 saturated heterocycles. The Morgan fingerprint density at radius 3 is 1.68 bits per heavy atom. The molecule has 10 N–H and O–H groups in total. The van der Waals surface area contributed by atoms with Gasteiger partial charge in [0.1, 0.15) is 65.3 Å². The van der Waals surface area contributed by atoms with Crippen molar-refractivity contribution >= 4 is 83.2 Å². The highest BCUT2D eigenvalue weighted by Crippen LogP contribution is 2.53. The molecule has 30 nitrogen and oxygen atoms in total. The number of ether oxygens (including phenoxy) is 6. The lowest BCUT2D eigenvalue weighted by Crippen LogP contribution is -2.44. The second-order valence-electron chi connectivity index (χ2n) is 27.2. The number of nitrogens with one attached hydrogen (secondary N) is 2. The minimum Gasteiger partial charge on any atom is -0.479 e. The van der Waals surface area contributed by atoms with E-state index in [1.165, 1.54) is 49.9 Å². The fourth-order valence-electron chi connectivity index (χ4n) is 13.0. The largest absolute Gasteiger partial charge is 0.479 e. The third-order valence-electron chi connectivity index (χ3n) is 18.3. The second kappa shape index (κ2) is 29.1. The number of esters is 2. The van der Waals surface area contributed by atoms with Crippen molar-refractivity contribution in [2.24, 2.45) is 5.41 Å². The molecule has 542 valence electrons. The van der Waals surface area contributed by atoms with Gasteiger partial charge in [-0.15, -0.1) is 0 Å². The zero-order valence-corrected chi connectivity index (χ0v) is 59.1. The number of methoxy groups -OCH3 is 2. The molecule has 12 unspecified atom stereocenters. The topological polar surface area (TPSA) is 405 Å². The molecule has 2 aliphatic heterocycles. The molecule has 0 amide bonds. The molecule has 3 aliphatic rings. The molecule has 3 fully saturated rings. The number of nitrogens with zero attached hydrogens (tertiary/aromatic N) is 8. The maximum absolute atomic E-state index is 16.1. The van der Waals surface area contributed by atoms with E-state index in [2.05, 4.69) is 40.1 Å². The summed E-state index contributed by atoms with van der Waals surface area (Å²) >= 11 is 0. The molecular weight excluding hydrogens is 1370 g/mol. The number of aliphatic hydroxyl groups excluding tert-OH is 2. The highest BCUT2D eigenvalue weighted by Gasteiger charge is 2.56. The molecule has 1 saturated carbocycles. The number of carbonyl (C=O) groups is 2. The molecule has 103 heavy (non-hydrogen) atoms. The van der Waals surface area contributed by atoms with Gasteiger partial charge in [-0.3, -0.25) is 18.2 Å². The van der Waals surface area contributed by atoms with E-state index in [1.807, 2.05) is 45.0 Å². The Balaban J connectivity index is 0.840. The van der Waals surface area contributed by atoms with Crippen LogP contribution in [0.1, 0.15) is 102 Å². The highest BCUT2D eigenvalue weighted by atomic mass is 31.2. The Morgan fingerprint density at radius 1 is 0.621 bits per heavy atom. The Kier molecular flexibility index (Phi) is 20.4.